The van der Waals surface area contributed by atoms with Crippen LogP contribution in [-0.4, -0.2) is 0 Å². The molecule has 20 heavy (non-hydrogen) atoms. The Morgan fingerprint density at radius 1 is 0.750 bits per heavy atom. The number of allylic oxidation sites excluding steroid dienone is 3. The largest absolute Gasteiger partial charge is 0.113 e. The fraction of sp³-hybridized carbons (Fsp3) is 0.0588. The minimum Gasteiger partial charge on any atom is -0.113 e. The van der Waals surface area contributed by atoms with E-state index in [1.807, 2.05) is 72.8 Å². The van der Waals surface area contributed by atoms with Crippen molar-refractivity contribution in [3.63, 3.8) is 0 Å². The van der Waals surface area contributed by atoms with Crippen LogP contribution in [0.4, 0.5) is 0 Å². The zero-order valence-electron chi connectivity index (χ0n) is 10.6. The maximum Gasteiger partial charge on any atom is 0.0769 e. The molecule has 0 bridgehead atoms. The van der Waals surface area contributed by atoms with E-state index in [9.17, 15) is 0 Å². The van der Waals surface area contributed by atoms with E-state index in [1.165, 1.54) is 0 Å². The molecule has 0 N–H and O–H groups in total. The highest BCUT2D eigenvalue weighted by Crippen LogP contribution is 2.23. The molecule has 0 nitrogen and oxygen atoms in total. The van der Waals surface area contributed by atoms with E-state index in [0.717, 1.165) is 16.1 Å². The minimum absolute atomic E-state index is 0.165. The molecule has 0 amide bonds. The number of halogens is 3. The van der Waals surface area contributed by atoms with Gasteiger partial charge in [-0.05, 0) is 35.4 Å². The molecule has 0 saturated carbocycles. The molecular formula is C17H13Cl3. The second kappa shape index (κ2) is 7.54. The predicted molar refractivity (Wildman–Crippen MR) is 89.7 cm³/mol. The molecule has 0 fully saturated rings. The minimum atomic E-state index is -0.165. The summed E-state index contributed by atoms with van der Waals surface area (Å²) in [4.78, 5) is 0. The molecule has 0 radical (unpaired) electrons. The summed E-state index contributed by atoms with van der Waals surface area (Å²) in [7, 11) is 0. The molecule has 0 aromatic heterocycles. The Morgan fingerprint density at radius 2 is 1.30 bits per heavy atom. The molecule has 0 aliphatic rings. The van der Waals surface area contributed by atoms with E-state index in [2.05, 4.69) is 0 Å². The van der Waals surface area contributed by atoms with Crippen molar-refractivity contribution in [3.05, 3.63) is 87.9 Å². The molecule has 2 aromatic carbocycles. The lowest BCUT2D eigenvalue weighted by Crippen LogP contribution is -1.84. The maximum absolute atomic E-state index is 6.28. The van der Waals surface area contributed by atoms with Crippen LogP contribution in [0.2, 0.25) is 10.0 Å². The van der Waals surface area contributed by atoms with E-state index in [-0.39, 0.29) is 5.38 Å². The van der Waals surface area contributed by atoms with Gasteiger partial charge in [-0.25, -0.2) is 0 Å². The van der Waals surface area contributed by atoms with Crippen molar-refractivity contribution in [3.8, 4) is 0 Å². The van der Waals surface area contributed by atoms with Gasteiger partial charge in [-0.3, -0.25) is 0 Å². The van der Waals surface area contributed by atoms with E-state index < -0.39 is 0 Å². The van der Waals surface area contributed by atoms with Crippen LogP contribution in [0, 0.1) is 0 Å². The summed E-state index contributed by atoms with van der Waals surface area (Å²) >= 11 is 17.9. The second-order valence-corrected chi connectivity index (χ2v) is 5.59. The monoisotopic (exact) mass is 322 g/mol. The fourth-order valence-electron chi connectivity index (χ4n) is 1.66. The van der Waals surface area contributed by atoms with Gasteiger partial charge in [-0.2, -0.15) is 0 Å². The molecule has 0 saturated heterocycles. The summed E-state index contributed by atoms with van der Waals surface area (Å²) in [5.41, 5.74) is 2.11. The lowest BCUT2D eigenvalue weighted by Gasteiger charge is -2.03. The highest BCUT2D eigenvalue weighted by molar-refractivity contribution is 6.30. The smallest absolute Gasteiger partial charge is 0.0769 e. The predicted octanol–water partition coefficient (Wildman–Crippen LogP) is 6.54. The van der Waals surface area contributed by atoms with E-state index >= 15 is 0 Å². The van der Waals surface area contributed by atoms with Crippen LogP contribution in [-0.2, 0) is 0 Å². The molecular weight excluding hydrogens is 311 g/mol. The summed E-state index contributed by atoms with van der Waals surface area (Å²) in [6.45, 7) is 0. The van der Waals surface area contributed by atoms with Crippen LogP contribution in [0.3, 0.4) is 0 Å². The molecule has 1 atom stereocenters. The van der Waals surface area contributed by atoms with Gasteiger partial charge in [0.05, 0.1) is 5.38 Å². The quantitative estimate of drug-likeness (QED) is 0.442. The summed E-state index contributed by atoms with van der Waals surface area (Å²) in [6, 6.07) is 15.2. The molecule has 1 unspecified atom stereocenters. The standard InChI is InChI=1S/C17H13Cl3/c18-15-9-5-13(6-10-15)3-1-2-4-17(20)14-7-11-16(19)12-8-14/h1-12,17H. The highest BCUT2D eigenvalue weighted by Gasteiger charge is 2.02. The highest BCUT2D eigenvalue weighted by atomic mass is 35.5. The number of hydrogen-bond donors (Lipinski definition) is 0. The van der Waals surface area contributed by atoms with Crippen molar-refractivity contribution < 1.29 is 0 Å². The first-order chi connectivity index (χ1) is 9.65. The molecule has 0 heterocycles. The third-order valence-corrected chi connectivity index (χ3v) is 3.64. The number of benzene rings is 2. The first-order valence-electron chi connectivity index (χ1n) is 6.15. The SMILES string of the molecule is Clc1ccc(C=CC=CC(Cl)c2ccc(Cl)cc2)cc1. The first-order valence-corrected chi connectivity index (χ1v) is 7.34. The second-order valence-electron chi connectivity index (χ2n) is 4.25. The van der Waals surface area contributed by atoms with Gasteiger partial charge in [0.1, 0.15) is 0 Å². The van der Waals surface area contributed by atoms with Crippen LogP contribution in [0.25, 0.3) is 6.08 Å². The van der Waals surface area contributed by atoms with Crippen molar-refractivity contribution >= 4 is 40.9 Å². The van der Waals surface area contributed by atoms with Crippen LogP contribution >= 0.6 is 34.8 Å². The van der Waals surface area contributed by atoms with Crippen molar-refractivity contribution in [2.45, 2.75) is 5.38 Å². The van der Waals surface area contributed by atoms with Gasteiger partial charge < -0.3 is 0 Å². The van der Waals surface area contributed by atoms with Gasteiger partial charge in [-0.15, -0.1) is 11.6 Å². The fourth-order valence-corrected chi connectivity index (χ4v) is 2.14. The molecule has 102 valence electrons. The molecule has 2 aromatic rings. The average molecular weight is 324 g/mol. The van der Waals surface area contributed by atoms with Gasteiger partial charge >= 0.3 is 0 Å². The number of hydrogen-bond acceptors (Lipinski definition) is 0. The van der Waals surface area contributed by atoms with Crippen LogP contribution < -0.4 is 0 Å². The summed E-state index contributed by atoms with van der Waals surface area (Å²) in [5.74, 6) is 0. The molecule has 3 heteroatoms. The van der Waals surface area contributed by atoms with Gasteiger partial charge in [0, 0.05) is 10.0 Å². The Kier molecular flexibility index (Phi) is 5.72. The Labute approximate surface area is 134 Å². The molecule has 0 spiro atoms. The van der Waals surface area contributed by atoms with Crippen molar-refractivity contribution in [1.82, 2.24) is 0 Å². The van der Waals surface area contributed by atoms with E-state index in [1.54, 1.807) is 0 Å². The number of rotatable bonds is 4. The normalized spacial score (nSPS) is 13.2. The lowest BCUT2D eigenvalue weighted by atomic mass is 10.1. The zero-order chi connectivity index (χ0) is 14.4. The van der Waals surface area contributed by atoms with Crippen molar-refractivity contribution in [1.29, 1.82) is 0 Å². The topological polar surface area (TPSA) is 0 Å². The van der Waals surface area contributed by atoms with Crippen LogP contribution in [0.15, 0.2) is 66.8 Å². The molecule has 2 rings (SSSR count). The molecule has 0 aliphatic heterocycles. The Hall–Kier alpha value is -1.21. The van der Waals surface area contributed by atoms with E-state index in [0.29, 0.717) is 5.02 Å². The van der Waals surface area contributed by atoms with Crippen molar-refractivity contribution in [2.75, 3.05) is 0 Å². The summed E-state index contributed by atoms with van der Waals surface area (Å²) in [6.07, 6.45) is 7.81. The number of alkyl halides is 1. The van der Waals surface area contributed by atoms with Gasteiger partial charge in [-0.1, -0.05) is 71.8 Å². The van der Waals surface area contributed by atoms with Crippen LogP contribution in [0.1, 0.15) is 16.5 Å². The van der Waals surface area contributed by atoms with Crippen molar-refractivity contribution in [2.24, 2.45) is 0 Å². The average Bonchev–Trinajstić information content (AvgIpc) is 2.46. The Morgan fingerprint density at radius 3 is 1.90 bits per heavy atom. The lowest BCUT2D eigenvalue weighted by molar-refractivity contribution is 1.21. The van der Waals surface area contributed by atoms with Gasteiger partial charge in [0.2, 0.25) is 0 Å². The maximum atomic E-state index is 6.28. The third-order valence-electron chi connectivity index (χ3n) is 2.74. The first kappa shape index (κ1) is 15.2. The Bertz CT molecular complexity index is 595. The van der Waals surface area contributed by atoms with E-state index in [4.69, 9.17) is 34.8 Å². The van der Waals surface area contributed by atoms with Crippen LogP contribution in [0.5, 0.6) is 0 Å². The zero-order valence-corrected chi connectivity index (χ0v) is 12.9. The molecule has 0 aliphatic carbocycles. The van der Waals surface area contributed by atoms with Gasteiger partial charge in [0.15, 0.2) is 0 Å². The van der Waals surface area contributed by atoms with Gasteiger partial charge in [0.25, 0.3) is 0 Å². The summed E-state index contributed by atoms with van der Waals surface area (Å²) in [5, 5.41) is 1.28. The Balaban J connectivity index is 1.95. The summed E-state index contributed by atoms with van der Waals surface area (Å²) < 4.78 is 0. The third kappa shape index (κ3) is 4.72.